The fourth-order valence-electron chi connectivity index (χ4n) is 6.13. The van der Waals surface area contributed by atoms with Crippen LogP contribution in [0.2, 0.25) is 0 Å². The number of benzene rings is 1. The van der Waals surface area contributed by atoms with Gasteiger partial charge in [0.15, 0.2) is 0 Å². The van der Waals surface area contributed by atoms with E-state index in [9.17, 15) is 19.5 Å². The van der Waals surface area contributed by atoms with Crippen molar-refractivity contribution in [3.63, 3.8) is 0 Å². The molecule has 3 fully saturated rings. The van der Waals surface area contributed by atoms with Crippen LogP contribution in [0.15, 0.2) is 49.6 Å². The number of nitrogens with zero attached hydrogens (tertiary/aromatic N) is 5. The van der Waals surface area contributed by atoms with Crippen LogP contribution < -0.4 is 0 Å². The van der Waals surface area contributed by atoms with Gasteiger partial charge in [-0.25, -0.2) is 4.68 Å². The van der Waals surface area contributed by atoms with Crippen molar-refractivity contribution in [3.8, 4) is 0 Å². The molecular formula is C26H30BrN5O5S. The van der Waals surface area contributed by atoms with Crippen molar-refractivity contribution in [1.29, 1.82) is 0 Å². The normalized spacial score (nSPS) is 29.5. The number of likely N-dealkylation sites (tertiary alicyclic amines) is 1. The Kier molecular flexibility index (Phi) is 7.65. The van der Waals surface area contributed by atoms with E-state index in [1.54, 1.807) is 32.3 Å². The van der Waals surface area contributed by atoms with Gasteiger partial charge in [0.25, 0.3) is 0 Å². The fraction of sp³-hybridized carbons (Fsp3) is 0.500. The molecule has 202 valence electrons. The molecule has 1 aromatic heterocycles. The maximum atomic E-state index is 14.4. The second-order valence-corrected chi connectivity index (χ2v) is 12.5. The summed E-state index contributed by atoms with van der Waals surface area (Å²) in [5.41, 5.74) is 1.50. The zero-order chi connectivity index (χ0) is 27.0. The highest BCUT2D eigenvalue weighted by atomic mass is 79.9. The molecule has 3 unspecified atom stereocenters. The number of esters is 1. The molecule has 38 heavy (non-hydrogen) atoms. The summed E-state index contributed by atoms with van der Waals surface area (Å²) in [6.45, 7) is 7.96. The monoisotopic (exact) mass is 603 g/mol. The number of hydrogen-bond acceptors (Lipinski definition) is 8. The first-order valence-corrected chi connectivity index (χ1v) is 14.4. The van der Waals surface area contributed by atoms with E-state index < -0.39 is 28.6 Å². The number of thioether (sulfide) groups is 1. The number of ether oxygens (including phenoxy) is 1. The molecule has 12 heteroatoms. The number of carbonyl (C=O) groups is 3. The van der Waals surface area contributed by atoms with E-state index in [-0.39, 0.29) is 54.9 Å². The van der Waals surface area contributed by atoms with Crippen molar-refractivity contribution in [2.45, 2.75) is 40.4 Å². The first-order chi connectivity index (χ1) is 18.4. The highest BCUT2D eigenvalue weighted by Gasteiger charge is 2.76. The molecule has 6 atom stereocenters. The first-order valence-electron chi connectivity index (χ1n) is 12.6. The number of halogens is 1. The average molecular weight is 605 g/mol. The Morgan fingerprint density at radius 1 is 1.32 bits per heavy atom. The van der Waals surface area contributed by atoms with Gasteiger partial charge in [0.1, 0.15) is 24.8 Å². The molecule has 0 aliphatic carbocycles. The van der Waals surface area contributed by atoms with Crippen molar-refractivity contribution in [1.82, 2.24) is 24.8 Å². The lowest BCUT2D eigenvalue weighted by molar-refractivity contribution is -0.153. The predicted molar refractivity (Wildman–Crippen MR) is 146 cm³/mol. The van der Waals surface area contributed by atoms with E-state index in [1.165, 1.54) is 6.08 Å². The van der Waals surface area contributed by atoms with Crippen molar-refractivity contribution in [2.24, 2.45) is 11.8 Å². The first kappa shape index (κ1) is 26.9. The second kappa shape index (κ2) is 10.8. The Balaban J connectivity index is 1.52. The molecule has 1 spiro atoms. The summed E-state index contributed by atoms with van der Waals surface area (Å²) in [7, 11) is 0. The fourth-order valence-corrected chi connectivity index (χ4v) is 9.72. The number of aliphatic hydroxyl groups excluding tert-OH is 1. The number of hydrogen-bond donors (Lipinski definition) is 1. The number of aromatic nitrogens is 3. The van der Waals surface area contributed by atoms with Gasteiger partial charge in [-0.3, -0.25) is 14.4 Å². The smallest absolute Gasteiger partial charge is 0.311 e. The van der Waals surface area contributed by atoms with E-state index >= 15 is 0 Å². The molecule has 1 aromatic carbocycles. The minimum atomic E-state index is -0.812. The van der Waals surface area contributed by atoms with Crippen LogP contribution in [-0.2, 0) is 25.8 Å². The molecule has 3 aliphatic heterocycles. The number of para-hydroxylation sites is 1. The number of rotatable bonds is 11. The lowest BCUT2D eigenvalue weighted by atomic mass is 9.71. The van der Waals surface area contributed by atoms with E-state index in [4.69, 9.17) is 4.74 Å². The molecule has 2 amide bonds. The number of carbonyl (C=O) groups excluding carboxylic acids is 3. The Morgan fingerprint density at radius 3 is 2.84 bits per heavy atom. The van der Waals surface area contributed by atoms with Crippen molar-refractivity contribution >= 4 is 56.5 Å². The zero-order valence-corrected chi connectivity index (χ0v) is 23.2. The Hall–Kier alpha value is -2.70. The van der Waals surface area contributed by atoms with E-state index in [2.05, 4.69) is 39.4 Å². The van der Waals surface area contributed by atoms with Gasteiger partial charge in [0.05, 0.1) is 22.1 Å². The SMILES string of the molecule is C=CCOC(=O)[C@H]1[C@H]2C(=O)N(CCCO)C(C(=O)N(CC=C)Cn3nnc4ccccc43)C23CC(Br)[C@@H]1S3. The third-order valence-corrected chi connectivity index (χ3v) is 10.8. The molecule has 1 N–H and O–H groups in total. The molecule has 2 bridgehead atoms. The Labute approximate surface area is 233 Å². The Bertz CT molecular complexity index is 1270. The van der Waals surface area contributed by atoms with Crippen molar-refractivity contribution < 1.29 is 24.2 Å². The minimum absolute atomic E-state index is 0.0574. The second-order valence-electron chi connectivity index (χ2n) is 9.76. The lowest BCUT2D eigenvalue weighted by Gasteiger charge is -2.37. The summed E-state index contributed by atoms with van der Waals surface area (Å²) < 4.78 is 6.26. The molecular weight excluding hydrogens is 574 g/mol. The maximum absolute atomic E-state index is 14.4. The molecule has 0 saturated carbocycles. The predicted octanol–water partition coefficient (Wildman–Crippen LogP) is 1.98. The number of fused-ring (bicyclic) bond motifs is 2. The zero-order valence-electron chi connectivity index (χ0n) is 20.8. The van der Waals surface area contributed by atoms with Gasteiger partial charge in [-0.1, -0.05) is 52.0 Å². The summed E-state index contributed by atoms with van der Waals surface area (Å²) in [6, 6.07) is 6.68. The molecule has 10 nitrogen and oxygen atoms in total. The third-order valence-electron chi connectivity index (χ3n) is 7.58. The summed E-state index contributed by atoms with van der Waals surface area (Å²) in [6.07, 6.45) is 4.02. The summed E-state index contributed by atoms with van der Waals surface area (Å²) in [4.78, 5) is 44.6. The van der Waals surface area contributed by atoms with Gasteiger partial charge in [0, 0.05) is 29.8 Å². The van der Waals surface area contributed by atoms with E-state index in [0.29, 0.717) is 18.4 Å². The van der Waals surface area contributed by atoms with Gasteiger partial charge in [-0.15, -0.1) is 23.4 Å². The molecule has 0 radical (unpaired) electrons. The molecule has 2 aromatic rings. The van der Waals surface area contributed by atoms with E-state index in [0.717, 1.165) is 5.52 Å². The topological polar surface area (TPSA) is 118 Å². The van der Waals surface area contributed by atoms with Gasteiger partial charge in [0.2, 0.25) is 11.8 Å². The Morgan fingerprint density at radius 2 is 2.11 bits per heavy atom. The maximum Gasteiger partial charge on any atom is 0.311 e. The summed E-state index contributed by atoms with van der Waals surface area (Å²) in [5.74, 6) is -2.29. The van der Waals surface area contributed by atoms with Crippen LogP contribution in [0.3, 0.4) is 0 Å². The van der Waals surface area contributed by atoms with Crippen LogP contribution >= 0.6 is 27.7 Å². The molecule has 3 saturated heterocycles. The highest BCUT2D eigenvalue weighted by molar-refractivity contribution is 9.09. The lowest BCUT2D eigenvalue weighted by Crippen LogP contribution is -2.55. The molecule has 4 heterocycles. The summed E-state index contributed by atoms with van der Waals surface area (Å²) in [5, 5.41) is 17.8. The van der Waals surface area contributed by atoms with Crippen LogP contribution in [0, 0.1) is 11.8 Å². The largest absolute Gasteiger partial charge is 0.461 e. The van der Waals surface area contributed by atoms with Crippen LogP contribution in [0.25, 0.3) is 11.0 Å². The molecule has 5 rings (SSSR count). The average Bonchev–Trinajstić information content (AvgIpc) is 3.63. The van der Waals surface area contributed by atoms with Crippen LogP contribution in [0.1, 0.15) is 12.8 Å². The van der Waals surface area contributed by atoms with Crippen LogP contribution in [-0.4, -0.2) is 94.9 Å². The minimum Gasteiger partial charge on any atom is -0.461 e. The van der Waals surface area contributed by atoms with Crippen molar-refractivity contribution in [2.75, 3.05) is 26.3 Å². The standard InChI is InChI=1S/C26H30BrN5O5S/c1-3-10-30(15-32-18-9-6-5-8-17(18)28-29-32)24(35)22-26-14-16(27)21(38-26)19(25(36)37-13-4-2)20(26)23(34)31(22)11-7-12-33/h3-6,8-9,16,19-22,33H,1-2,7,10-15H2/t16?,19-,20-,21-,22?,26?/m0/s1. The van der Waals surface area contributed by atoms with Crippen LogP contribution in [0.5, 0.6) is 0 Å². The van der Waals surface area contributed by atoms with Gasteiger partial charge >= 0.3 is 5.97 Å². The van der Waals surface area contributed by atoms with E-state index in [1.807, 2.05) is 24.3 Å². The quantitative estimate of drug-likeness (QED) is 0.235. The summed E-state index contributed by atoms with van der Waals surface area (Å²) >= 11 is 5.28. The highest BCUT2D eigenvalue weighted by Crippen LogP contribution is 2.68. The number of aliphatic hydroxyl groups is 1. The molecule has 3 aliphatic rings. The third kappa shape index (κ3) is 4.26. The van der Waals surface area contributed by atoms with Gasteiger partial charge in [-0.05, 0) is 25.0 Å². The van der Waals surface area contributed by atoms with Crippen LogP contribution in [0.4, 0.5) is 0 Å². The number of amides is 2. The van der Waals surface area contributed by atoms with Crippen molar-refractivity contribution in [3.05, 3.63) is 49.6 Å². The van der Waals surface area contributed by atoms with Gasteiger partial charge in [-0.2, -0.15) is 0 Å². The van der Waals surface area contributed by atoms with Gasteiger partial charge < -0.3 is 19.6 Å². The number of alkyl halides is 1.